The van der Waals surface area contributed by atoms with E-state index in [4.69, 9.17) is 0 Å². The highest BCUT2D eigenvalue weighted by atomic mass is 16.4. The third-order valence-electron chi connectivity index (χ3n) is 3.40. The summed E-state index contributed by atoms with van der Waals surface area (Å²) in [6, 6.07) is 7.48. The molecule has 0 aliphatic heterocycles. The first-order valence-electron chi connectivity index (χ1n) is 6.11. The summed E-state index contributed by atoms with van der Waals surface area (Å²) in [6.07, 6.45) is 2.42. The molecule has 1 aromatic heterocycles. The Hall–Kier alpha value is -1.81. The summed E-state index contributed by atoms with van der Waals surface area (Å²) in [5.41, 5.74) is 2.11. The minimum absolute atomic E-state index is 0.478. The van der Waals surface area contributed by atoms with E-state index in [0.717, 1.165) is 23.0 Å². The second-order valence-electron chi connectivity index (χ2n) is 4.49. The van der Waals surface area contributed by atoms with Gasteiger partial charge in [0.2, 0.25) is 0 Å². The Morgan fingerprint density at radius 3 is 2.83 bits per heavy atom. The molecule has 4 nitrogen and oxygen atoms in total. The molecule has 0 aliphatic rings. The molecule has 0 radical (unpaired) electrons. The summed E-state index contributed by atoms with van der Waals surface area (Å²) < 4.78 is 0. The van der Waals surface area contributed by atoms with Crippen molar-refractivity contribution in [2.75, 3.05) is 13.6 Å². The molecule has 2 N–H and O–H groups in total. The van der Waals surface area contributed by atoms with Crippen LogP contribution >= 0.6 is 0 Å². The molecule has 0 saturated carbocycles. The fourth-order valence-electron chi connectivity index (χ4n) is 2.16. The number of fused-ring (bicyclic) bond motifs is 1. The van der Waals surface area contributed by atoms with Gasteiger partial charge in [-0.3, -0.25) is 9.69 Å². The van der Waals surface area contributed by atoms with Gasteiger partial charge in [0.15, 0.2) is 0 Å². The number of benzene rings is 1. The number of nitrogens with zero attached hydrogens (tertiary/aromatic N) is 1. The van der Waals surface area contributed by atoms with Crippen molar-refractivity contribution < 1.29 is 9.90 Å². The first-order chi connectivity index (χ1) is 8.63. The van der Waals surface area contributed by atoms with Gasteiger partial charge in [0, 0.05) is 23.5 Å². The number of carboxylic acids is 1. The smallest absolute Gasteiger partial charge is 0.321 e. The number of aromatic amines is 1. The lowest BCUT2D eigenvalue weighted by atomic mass is 10.0. The number of hydrogen-bond donors (Lipinski definition) is 2. The van der Waals surface area contributed by atoms with Crippen LogP contribution in [0.4, 0.5) is 0 Å². The van der Waals surface area contributed by atoms with E-state index in [-0.39, 0.29) is 0 Å². The number of rotatable bonds is 5. The molecule has 1 heterocycles. The van der Waals surface area contributed by atoms with Gasteiger partial charge in [-0.2, -0.15) is 0 Å². The molecule has 0 saturated heterocycles. The minimum Gasteiger partial charge on any atom is -0.480 e. The Bertz CT molecular complexity index is 547. The van der Waals surface area contributed by atoms with Crippen molar-refractivity contribution >= 4 is 16.9 Å². The van der Waals surface area contributed by atoms with Crippen LogP contribution in [0.1, 0.15) is 12.5 Å². The van der Waals surface area contributed by atoms with Crippen LogP contribution < -0.4 is 0 Å². The second kappa shape index (κ2) is 5.23. The topological polar surface area (TPSA) is 56.3 Å². The molecule has 0 fully saturated rings. The number of aliphatic carboxylic acids is 1. The van der Waals surface area contributed by atoms with E-state index in [1.165, 1.54) is 0 Å². The van der Waals surface area contributed by atoms with Crippen molar-refractivity contribution in [3.63, 3.8) is 0 Å². The highest BCUT2D eigenvalue weighted by Crippen LogP contribution is 2.20. The lowest BCUT2D eigenvalue weighted by Crippen LogP contribution is -2.39. The van der Waals surface area contributed by atoms with Gasteiger partial charge in [0.1, 0.15) is 6.04 Å². The van der Waals surface area contributed by atoms with E-state index in [2.05, 4.69) is 4.98 Å². The van der Waals surface area contributed by atoms with Gasteiger partial charge < -0.3 is 10.1 Å². The van der Waals surface area contributed by atoms with E-state index < -0.39 is 12.0 Å². The van der Waals surface area contributed by atoms with E-state index in [9.17, 15) is 9.90 Å². The van der Waals surface area contributed by atoms with Crippen molar-refractivity contribution in [2.45, 2.75) is 19.4 Å². The maximum absolute atomic E-state index is 11.3. The standard InChI is InChI=1S/C14H18N2O2/c1-3-16(2)13(14(17)18)8-10-9-15-12-7-5-4-6-11(10)12/h4-7,9,13,15H,3,8H2,1-2H3,(H,17,18)/t13-/m1/s1. The van der Waals surface area contributed by atoms with Gasteiger partial charge in [-0.15, -0.1) is 0 Å². The van der Waals surface area contributed by atoms with Crippen molar-refractivity contribution in [3.05, 3.63) is 36.0 Å². The SMILES string of the molecule is CCN(C)[C@H](Cc1c[nH]c2ccccc12)C(=O)O. The molecule has 0 amide bonds. The normalized spacial score (nSPS) is 13.1. The first-order valence-corrected chi connectivity index (χ1v) is 6.11. The Balaban J connectivity index is 2.29. The molecule has 1 aromatic carbocycles. The fraction of sp³-hybridized carbons (Fsp3) is 0.357. The van der Waals surface area contributed by atoms with E-state index in [1.54, 1.807) is 0 Å². The zero-order valence-electron chi connectivity index (χ0n) is 10.7. The van der Waals surface area contributed by atoms with Crippen LogP contribution in [-0.4, -0.2) is 40.6 Å². The molecule has 96 valence electrons. The number of H-pyrrole nitrogens is 1. The molecular weight excluding hydrogens is 228 g/mol. The van der Waals surface area contributed by atoms with Crippen LogP contribution in [0.25, 0.3) is 10.9 Å². The van der Waals surface area contributed by atoms with Crippen LogP contribution in [0.3, 0.4) is 0 Å². The van der Waals surface area contributed by atoms with Crippen LogP contribution in [0.2, 0.25) is 0 Å². The quantitative estimate of drug-likeness (QED) is 0.849. The van der Waals surface area contributed by atoms with Gasteiger partial charge in [0.05, 0.1) is 0 Å². The molecule has 4 heteroatoms. The van der Waals surface area contributed by atoms with Crippen LogP contribution in [0.5, 0.6) is 0 Å². The third-order valence-corrected chi connectivity index (χ3v) is 3.40. The highest BCUT2D eigenvalue weighted by molar-refractivity contribution is 5.84. The zero-order chi connectivity index (χ0) is 13.1. The molecule has 18 heavy (non-hydrogen) atoms. The molecule has 0 bridgehead atoms. The number of para-hydroxylation sites is 1. The van der Waals surface area contributed by atoms with Gasteiger partial charge in [-0.25, -0.2) is 0 Å². The summed E-state index contributed by atoms with van der Waals surface area (Å²) in [5, 5.41) is 10.4. The molecule has 2 rings (SSSR count). The van der Waals surface area contributed by atoms with E-state index in [0.29, 0.717) is 6.42 Å². The van der Waals surface area contributed by atoms with Crippen molar-refractivity contribution in [1.82, 2.24) is 9.88 Å². The van der Waals surface area contributed by atoms with Crippen LogP contribution in [0.15, 0.2) is 30.5 Å². The molecular formula is C14H18N2O2. The summed E-state index contributed by atoms with van der Waals surface area (Å²) in [7, 11) is 1.84. The Kier molecular flexibility index (Phi) is 3.67. The van der Waals surface area contributed by atoms with Crippen molar-refractivity contribution in [2.24, 2.45) is 0 Å². The average Bonchev–Trinajstić information content (AvgIpc) is 2.78. The minimum atomic E-state index is -0.773. The number of aromatic nitrogens is 1. The maximum atomic E-state index is 11.3. The molecule has 1 atom stereocenters. The average molecular weight is 246 g/mol. The third kappa shape index (κ3) is 2.38. The monoisotopic (exact) mass is 246 g/mol. The van der Waals surface area contributed by atoms with Gasteiger partial charge in [-0.05, 0) is 25.2 Å². The van der Waals surface area contributed by atoms with Gasteiger partial charge in [-0.1, -0.05) is 25.1 Å². The maximum Gasteiger partial charge on any atom is 0.321 e. The Morgan fingerprint density at radius 1 is 1.44 bits per heavy atom. The molecule has 0 spiro atoms. The first kappa shape index (κ1) is 12.6. The van der Waals surface area contributed by atoms with Crippen LogP contribution in [-0.2, 0) is 11.2 Å². The lowest BCUT2D eigenvalue weighted by molar-refractivity contribution is -0.142. The summed E-state index contributed by atoms with van der Waals surface area (Å²) in [6.45, 7) is 2.69. The molecule has 0 aliphatic carbocycles. The largest absolute Gasteiger partial charge is 0.480 e. The van der Waals surface area contributed by atoms with Gasteiger partial charge in [0.25, 0.3) is 0 Å². The number of hydrogen-bond acceptors (Lipinski definition) is 2. The highest BCUT2D eigenvalue weighted by Gasteiger charge is 2.22. The predicted molar refractivity (Wildman–Crippen MR) is 71.7 cm³/mol. The summed E-state index contributed by atoms with van der Waals surface area (Å²) in [5.74, 6) is -0.773. The van der Waals surface area contributed by atoms with Gasteiger partial charge >= 0.3 is 5.97 Å². The summed E-state index contributed by atoms with van der Waals surface area (Å²) >= 11 is 0. The summed E-state index contributed by atoms with van der Waals surface area (Å²) in [4.78, 5) is 16.3. The number of carboxylic acid groups (broad SMARTS) is 1. The van der Waals surface area contributed by atoms with Crippen molar-refractivity contribution in [1.29, 1.82) is 0 Å². The zero-order valence-corrected chi connectivity index (χ0v) is 10.7. The fourth-order valence-corrected chi connectivity index (χ4v) is 2.16. The number of carbonyl (C=O) groups is 1. The second-order valence-corrected chi connectivity index (χ2v) is 4.49. The van der Waals surface area contributed by atoms with E-state index >= 15 is 0 Å². The van der Waals surface area contributed by atoms with Crippen LogP contribution in [0, 0.1) is 0 Å². The number of likely N-dealkylation sites (N-methyl/N-ethyl adjacent to an activating group) is 1. The lowest BCUT2D eigenvalue weighted by Gasteiger charge is -2.22. The van der Waals surface area contributed by atoms with E-state index in [1.807, 2.05) is 49.3 Å². The Labute approximate surface area is 106 Å². The number of nitrogens with one attached hydrogen (secondary N) is 1. The Morgan fingerprint density at radius 2 is 2.17 bits per heavy atom. The predicted octanol–water partition coefficient (Wildman–Crippen LogP) is 2.12. The molecule has 0 unspecified atom stereocenters. The van der Waals surface area contributed by atoms with Crippen molar-refractivity contribution in [3.8, 4) is 0 Å². The molecule has 2 aromatic rings.